The molecule has 0 spiro atoms. The minimum atomic E-state index is 0.540. The van der Waals surface area contributed by atoms with Crippen LogP contribution >= 0.6 is 0 Å². The summed E-state index contributed by atoms with van der Waals surface area (Å²) in [4.78, 5) is 0. The maximum absolute atomic E-state index is 10.4. The lowest BCUT2D eigenvalue weighted by atomic mass is 10.1. The van der Waals surface area contributed by atoms with E-state index in [9.17, 15) is 10.4 Å². The van der Waals surface area contributed by atoms with E-state index in [1.165, 1.54) is 0 Å². The molecule has 0 saturated heterocycles. The molecule has 2 rings (SSSR count). The predicted molar refractivity (Wildman–Crippen MR) is 70.4 cm³/mol. The molecule has 0 saturated carbocycles. The van der Waals surface area contributed by atoms with Crippen molar-refractivity contribution < 1.29 is 10.4 Å². The molecule has 0 aliphatic rings. The number of anilines is 2. The monoisotopic (exact) mass is 240 g/mol. The summed E-state index contributed by atoms with van der Waals surface area (Å²) in [5.74, 6) is 0. The van der Waals surface area contributed by atoms with E-state index in [0.717, 1.165) is 11.1 Å². The third-order valence-electron chi connectivity index (χ3n) is 2.53. The summed E-state index contributed by atoms with van der Waals surface area (Å²) in [5.41, 5.74) is 6.74. The largest absolute Gasteiger partial charge is 0.233 e. The van der Waals surface area contributed by atoms with Crippen LogP contribution < -0.4 is 11.0 Å². The second kappa shape index (κ2) is 5.86. The van der Waals surface area contributed by atoms with E-state index >= 15 is 0 Å². The Morgan fingerprint density at radius 2 is 0.944 bits per heavy atom. The average molecular weight is 240 g/mol. The summed E-state index contributed by atoms with van der Waals surface area (Å²) in [5, 5.41) is 20.8. The zero-order chi connectivity index (χ0) is 12.8. The molecular weight excluding hydrogens is 228 g/mol. The van der Waals surface area contributed by atoms with Crippen molar-refractivity contribution in [1.29, 1.82) is 0 Å². The molecule has 18 heavy (non-hydrogen) atoms. The fourth-order valence-corrected chi connectivity index (χ4v) is 1.52. The fraction of sp³-hybridized carbons (Fsp3) is 0. The van der Waals surface area contributed by atoms with E-state index in [0.29, 0.717) is 11.4 Å². The molecule has 0 aromatic heterocycles. The first-order valence-corrected chi connectivity index (χ1v) is 5.46. The molecule has 0 fully saturated rings. The third-order valence-corrected chi connectivity index (χ3v) is 2.53. The minimum Gasteiger partial charge on any atom is -0.233 e. The summed E-state index contributed by atoms with van der Waals surface area (Å²) in [6.07, 6.45) is 3.88. The zero-order valence-electron chi connectivity index (χ0n) is 9.59. The van der Waals surface area contributed by atoms with Crippen molar-refractivity contribution in [3.05, 3.63) is 59.7 Å². The summed E-state index contributed by atoms with van der Waals surface area (Å²) in [6.45, 7) is 0. The number of hydrogen-bond acceptors (Lipinski definition) is 2. The molecule has 0 unspecified atom stereocenters. The molecule has 2 radical (unpaired) electrons. The van der Waals surface area contributed by atoms with E-state index in [1.807, 2.05) is 47.4 Å². The van der Waals surface area contributed by atoms with Gasteiger partial charge in [-0.15, -0.1) is 0 Å². The third kappa shape index (κ3) is 3.10. The van der Waals surface area contributed by atoms with Crippen LogP contribution in [0.5, 0.6) is 0 Å². The Morgan fingerprint density at radius 1 is 0.611 bits per heavy atom. The van der Waals surface area contributed by atoms with Crippen molar-refractivity contribution >= 4 is 23.5 Å². The Labute approximate surface area is 105 Å². The molecular formula is C14H12N2O2. The Hall–Kier alpha value is -2.30. The second-order valence-corrected chi connectivity index (χ2v) is 3.78. The van der Waals surface area contributed by atoms with Gasteiger partial charge in [0.2, 0.25) is 0 Å². The van der Waals surface area contributed by atoms with Crippen LogP contribution in [0.2, 0.25) is 0 Å². The first kappa shape index (κ1) is 12.2. The lowest BCUT2D eigenvalue weighted by molar-refractivity contribution is 0.274. The number of hydrogen-bond donors (Lipinski definition) is 2. The molecule has 0 bridgehead atoms. The predicted octanol–water partition coefficient (Wildman–Crippen LogP) is 3.37. The Balaban J connectivity index is 2.08. The van der Waals surface area contributed by atoms with Crippen molar-refractivity contribution in [3.8, 4) is 0 Å². The maximum atomic E-state index is 10.4. The molecule has 2 aromatic rings. The molecule has 2 N–H and O–H groups in total. The molecule has 0 aliphatic heterocycles. The number of benzene rings is 2. The van der Waals surface area contributed by atoms with Gasteiger partial charge >= 0.3 is 0 Å². The van der Waals surface area contributed by atoms with E-state index in [1.54, 1.807) is 24.3 Å². The van der Waals surface area contributed by atoms with Crippen molar-refractivity contribution in [2.24, 2.45) is 0 Å². The van der Waals surface area contributed by atoms with Crippen LogP contribution in [0, 0.1) is 0 Å². The van der Waals surface area contributed by atoms with Crippen LogP contribution in [0.15, 0.2) is 48.5 Å². The van der Waals surface area contributed by atoms with Crippen molar-refractivity contribution in [1.82, 2.24) is 0 Å². The Morgan fingerprint density at radius 3 is 1.22 bits per heavy atom. The molecule has 90 valence electrons. The van der Waals surface area contributed by atoms with Crippen LogP contribution in [-0.4, -0.2) is 0 Å². The van der Waals surface area contributed by atoms with Gasteiger partial charge < -0.3 is 0 Å². The maximum Gasteiger partial charge on any atom is 0.0636 e. The Kier molecular flexibility index (Phi) is 3.96. The van der Waals surface area contributed by atoms with Gasteiger partial charge in [-0.05, 0) is 35.4 Å². The van der Waals surface area contributed by atoms with Crippen LogP contribution in [0.1, 0.15) is 11.1 Å². The van der Waals surface area contributed by atoms with Gasteiger partial charge in [-0.1, -0.05) is 46.8 Å². The highest BCUT2D eigenvalue weighted by atomic mass is 16.5. The standard InChI is InChI=1S/C14H12N2O2/c17-15-13-7-3-11(4-8-13)1-2-12-5-9-14(16-18)10-6-12/h1-10,15-16H/b2-1+. The van der Waals surface area contributed by atoms with Gasteiger partial charge in [-0.3, -0.25) is 0 Å². The molecule has 0 aliphatic carbocycles. The Bertz CT molecular complexity index is 469. The molecule has 2 aromatic carbocycles. The number of rotatable bonds is 4. The first-order chi connectivity index (χ1) is 8.81. The number of nitrogens with one attached hydrogen (secondary N) is 2. The van der Waals surface area contributed by atoms with Crippen molar-refractivity contribution in [3.63, 3.8) is 0 Å². The van der Waals surface area contributed by atoms with Gasteiger partial charge in [0.15, 0.2) is 0 Å². The van der Waals surface area contributed by atoms with Gasteiger partial charge in [0.1, 0.15) is 0 Å². The lowest BCUT2D eigenvalue weighted by Crippen LogP contribution is -1.85. The van der Waals surface area contributed by atoms with Gasteiger partial charge in [0, 0.05) is 0 Å². The highest BCUT2D eigenvalue weighted by Gasteiger charge is 1.92. The topological polar surface area (TPSA) is 63.9 Å². The van der Waals surface area contributed by atoms with Crippen LogP contribution in [0.3, 0.4) is 0 Å². The van der Waals surface area contributed by atoms with E-state index in [4.69, 9.17) is 0 Å². The van der Waals surface area contributed by atoms with Crippen LogP contribution in [0.4, 0.5) is 11.4 Å². The fourth-order valence-electron chi connectivity index (χ4n) is 1.52. The first-order valence-electron chi connectivity index (χ1n) is 5.46. The van der Waals surface area contributed by atoms with E-state index in [-0.39, 0.29) is 0 Å². The molecule has 4 heteroatoms. The molecule has 4 nitrogen and oxygen atoms in total. The normalized spacial score (nSPS) is 10.6. The zero-order valence-corrected chi connectivity index (χ0v) is 9.59. The van der Waals surface area contributed by atoms with Gasteiger partial charge in [-0.25, -0.2) is 11.0 Å². The SMILES string of the molecule is [O]Nc1ccc(/C=C/c2ccc(N[O])cc2)cc1. The summed E-state index contributed by atoms with van der Waals surface area (Å²) < 4.78 is 0. The molecule has 0 atom stereocenters. The molecule has 0 amide bonds. The minimum absolute atomic E-state index is 0.540. The highest BCUT2D eigenvalue weighted by molar-refractivity contribution is 5.71. The van der Waals surface area contributed by atoms with Crippen molar-refractivity contribution in [2.75, 3.05) is 11.0 Å². The van der Waals surface area contributed by atoms with Gasteiger partial charge in [0.25, 0.3) is 0 Å². The highest BCUT2D eigenvalue weighted by Crippen LogP contribution is 2.14. The summed E-state index contributed by atoms with van der Waals surface area (Å²) >= 11 is 0. The second-order valence-electron chi connectivity index (χ2n) is 3.78. The van der Waals surface area contributed by atoms with Crippen molar-refractivity contribution in [2.45, 2.75) is 0 Å². The summed E-state index contributed by atoms with van der Waals surface area (Å²) in [7, 11) is 0. The van der Waals surface area contributed by atoms with Crippen LogP contribution in [-0.2, 0) is 10.4 Å². The molecule has 0 heterocycles. The average Bonchev–Trinajstić information content (AvgIpc) is 2.46. The van der Waals surface area contributed by atoms with E-state index < -0.39 is 0 Å². The van der Waals surface area contributed by atoms with E-state index in [2.05, 4.69) is 0 Å². The smallest absolute Gasteiger partial charge is 0.0636 e. The van der Waals surface area contributed by atoms with Gasteiger partial charge in [-0.2, -0.15) is 0 Å². The van der Waals surface area contributed by atoms with Gasteiger partial charge in [0.05, 0.1) is 11.4 Å². The van der Waals surface area contributed by atoms with Crippen LogP contribution in [0.25, 0.3) is 12.2 Å². The quantitative estimate of drug-likeness (QED) is 0.635. The lowest BCUT2D eigenvalue weighted by Gasteiger charge is -1.98. The summed E-state index contributed by atoms with van der Waals surface area (Å²) in [6, 6.07) is 14.3.